The van der Waals surface area contributed by atoms with E-state index >= 15 is 0 Å². The summed E-state index contributed by atoms with van der Waals surface area (Å²) in [5.74, 6) is -0.995. The van der Waals surface area contributed by atoms with Crippen molar-refractivity contribution in [1.82, 2.24) is 4.90 Å². The monoisotopic (exact) mass is 442 g/mol. The third kappa shape index (κ3) is 3.45. The van der Waals surface area contributed by atoms with E-state index in [0.29, 0.717) is 15.9 Å². The summed E-state index contributed by atoms with van der Waals surface area (Å²) in [6.45, 7) is 1.78. The molecule has 28 heavy (non-hydrogen) atoms. The number of aryl methyl sites for hydroxylation is 1. The normalized spacial score (nSPS) is 16.3. The van der Waals surface area contributed by atoms with Gasteiger partial charge >= 0.3 is 0 Å². The van der Waals surface area contributed by atoms with Crippen molar-refractivity contribution in [2.45, 2.75) is 13.0 Å². The molecule has 7 heteroatoms. The minimum Gasteiger partial charge on any atom is -0.444 e. The molecular weight excluding hydrogens is 427 g/mol. The van der Waals surface area contributed by atoms with E-state index in [1.54, 1.807) is 24.3 Å². The molecule has 0 radical (unpaired) electrons. The zero-order valence-electron chi connectivity index (χ0n) is 14.9. The number of carbonyl (C=O) groups excluding carboxylic acids is 2. The number of rotatable bonds is 2. The van der Waals surface area contributed by atoms with Gasteiger partial charge in [-0.1, -0.05) is 29.8 Å². The number of carbonyl (C=O) groups is 2. The third-order valence-corrected chi connectivity index (χ3v) is 5.06. The Morgan fingerprint density at radius 2 is 1.93 bits per heavy atom. The molecule has 2 aromatic carbocycles. The molecule has 1 atom stereocenters. The molecule has 0 saturated carbocycles. The molecule has 1 unspecified atom stereocenters. The van der Waals surface area contributed by atoms with Crippen molar-refractivity contribution in [3.05, 3.63) is 87.5 Å². The van der Waals surface area contributed by atoms with Crippen LogP contribution in [-0.2, 0) is 4.79 Å². The summed E-state index contributed by atoms with van der Waals surface area (Å²) in [6.07, 6.45) is 0. The van der Waals surface area contributed by atoms with Gasteiger partial charge in [0.05, 0.1) is 6.04 Å². The lowest BCUT2D eigenvalue weighted by molar-refractivity contribution is -0.117. The van der Waals surface area contributed by atoms with Crippen molar-refractivity contribution in [2.24, 2.45) is 0 Å². The van der Waals surface area contributed by atoms with E-state index < -0.39 is 11.9 Å². The number of furan rings is 1. The summed E-state index contributed by atoms with van der Waals surface area (Å²) in [6, 6.07) is 14.2. The smallest absolute Gasteiger partial charge is 0.290 e. The highest BCUT2D eigenvalue weighted by molar-refractivity contribution is 9.10. The Balaban J connectivity index is 1.89. The third-order valence-electron chi connectivity index (χ3n) is 4.63. The van der Waals surface area contributed by atoms with Gasteiger partial charge in [0.15, 0.2) is 10.4 Å². The van der Waals surface area contributed by atoms with Gasteiger partial charge < -0.3 is 14.6 Å². The maximum Gasteiger partial charge on any atom is 0.290 e. The van der Waals surface area contributed by atoms with Crippen molar-refractivity contribution in [3.8, 4) is 0 Å². The molecule has 4 rings (SSSR count). The fourth-order valence-electron chi connectivity index (χ4n) is 3.39. The van der Waals surface area contributed by atoms with Crippen LogP contribution in [0.1, 0.15) is 33.3 Å². The Labute approximate surface area is 169 Å². The Morgan fingerprint density at radius 3 is 2.61 bits per heavy atom. The maximum absolute atomic E-state index is 13.5. The summed E-state index contributed by atoms with van der Waals surface area (Å²) in [5, 5.41) is 2.86. The van der Waals surface area contributed by atoms with E-state index in [9.17, 15) is 14.0 Å². The predicted octanol–water partition coefficient (Wildman–Crippen LogP) is 4.67. The second kappa shape index (κ2) is 7.24. The Morgan fingerprint density at radius 1 is 1.18 bits per heavy atom. The highest BCUT2D eigenvalue weighted by atomic mass is 79.9. The van der Waals surface area contributed by atoms with Crippen molar-refractivity contribution < 1.29 is 18.4 Å². The van der Waals surface area contributed by atoms with E-state index in [1.807, 2.05) is 25.1 Å². The molecule has 0 saturated heterocycles. The largest absolute Gasteiger partial charge is 0.444 e. The molecule has 142 valence electrons. The predicted molar refractivity (Wildman–Crippen MR) is 105 cm³/mol. The van der Waals surface area contributed by atoms with Gasteiger partial charge in [-0.05, 0) is 58.7 Å². The van der Waals surface area contributed by atoms with Gasteiger partial charge in [0.1, 0.15) is 12.4 Å². The van der Waals surface area contributed by atoms with E-state index in [0.717, 1.165) is 11.1 Å². The molecule has 1 N–H and O–H groups in total. The van der Waals surface area contributed by atoms with Crippen LogP contribution in [0.2, 0.25) is 0 Å². The van der Waals surface area contributed by atoms with Crippen molar-refractivity contribution in [3.63, 3.8) is 0 Å². The SMILES string of the molecule is Cc1ccc2c(c1)C(c1ccc(F)cc1)N(C(=O)c1ccc(Br)o1)CC(=O)N2. The van der Waals surface area contributed by atoms with Crippen LogP contribution in [0.25, 0.3) is 0 Å². The van der Waals surface area contributed by atoms with Crippen LogP contribution >= 0.6 is 15.9 Å². The molecule has 2 amide bonds. The number of hydrogen-bond donors (Lipinski definition) is 1. The minimum absolute atomic E-state index is 0.114. The Hall–Kier alpha value is -2.93. The molecule has 0 bridgehead atoms. The quantitative estimate of drug-likeness (QED) is 0.626. The van der Waals surface area contributed by atoms with Crippen LogP contribution in [0.5, 0.6) is 0 Å². The van der Waals surface area contributed by atoms with Gasteiger partial charge in [0.2, 0.25) is 5.91 Å². The van der Waals surface area contributed by atoms with Crippen LogP contribution in [-0.4, -0.2) is 23.3 Å². The fraction of sp³-hybridized carbons (Fsp3) is 0.143. The van der Waals surface area contributed by atoms with E-state index in [-0.39, 0.29) is 24.0 Å². The fourth-order valence-corrected chi connectivity index (χ4v) is 3.70. The minimum atomic E-state index is -0.578. The van der Waals surface area contributed by atoms with Crippen molar-refractivity contribution in [1.29, 1.82) is 0 Å². The van der Waals surface area contributed by atoms with Crippen LogP contribution in [0.3, 0.4) is 0 Å². The lowest BCUT2D eigenvalue weighted by Crippen LogP contribution is -2.38. The average Bonchev–Trinajstić information content (AvgIpc) is 3.04. The number of nitrogens with zero attached hydrogens (tertiary/aromatic N) is 1. The van der Waals surface area contributed by atoms with Gasteiger partial charge in [0.25, 0.3) is 5.91 Å². The molecular formula is C21H16BrFN2O3. The van der Waals surface area contributed by atoms with Gasteiger partial charge in [-0.25, -0.2) is 4.39 Å². The van der Waals surface area contributed by atoms with Crippen LogP contribution in [0.4, 0.5) is 10.1 Å². The number of fused-ring (bicyclic) bond motifs is 1. The standard InChI is InChI=1S/C21H16BrFN2O3/c1-12-2-7-16-15(10-12)20(13-3-5-14(23)6-4-13)25(11-19(26)24-16)21(27)17-8-9-18(22)28-17/h2-10,20H,11H2,1H3,(H,24,26). The highest BCUT2D eigenvalue weighted by Gasteiger charge is 2.35. The second-order valence-electron chi connectivity index (χ2n) is 6.63. The number of halogens is 2. The first-order valence-corrected chi connectivity index (χ1v) is 9.44. The lowest BCUT2D eigenvalue weighted by atomic mass is 9.94. The molecule has 0 fully saturated rings. The first-order chi connectivity index (χ1) is 13.4. The topological polar surface area (TPSA) is 62.6 Å². The van der Waals surface area contributed by atoms with Crippen LogP contribution in [0, 0.1) is 12.7 Å². The van der Waals surface area contributed by atoms with Crippen LogP contribution < -0.4 is 5.32 Å². The number of amides is 2. The van der Waals surface area contributed by atoms with E-state index in [4.69, 9.17) is 4.42 Å². The summed E-state index contributed by atoms with van der Waals surface area (Å²) < 4.78 is 19.4. The summed E-state index contributed by atoms with van der Waals surface area (Å²) in [7, 11) is 0. The first-order valence-electron chi connectivity index (χ1n) is 8.64. The molecule has 5 nitrogen and oxygen atoms in total. The summed E-state index contributed by atoms with van der Waals surface area (Å²) in [5.41, 5.74) is 3.07. The highest BCUT2D eigenvalue weighted by Crippen LogP contribution is 2.37. The van der Waals surface area contributed by atoms with Gasteiger partial charge in [-0.3, -0.25) is 9.59 Å². The average molecular weight is 443 g/mol. The molecule has 3 aromatic rings. The molecule has 0 aliphatic carbocycles. The molecule has 1 aliphatic heterocycles. The van der Waals surface area contributed by atoms with Gasteiger partial charge in [-0.15, -0.1) is 0 Å². The van der Waals surface area contributed by atoms with Crippen molar-refractivity contribution >= 4 is 33.4 Å². The maximum atomic E-state index is 13.5. The molecule has 0 spiro atoms. The zero-order chi connectivity index (χ0) is 19.8. The zero-order valence-corrected chi connectivity index (χ0v) is 16.5. The molecule has 1 aromatic heterocycles. The van der Waals surface area contributed by atoms with Gasteiger partial charge in [-0.2, -0.15) is 0 Å². The van der Waals surface area contributed by atoms with Crippen LogP contribution in [0.15, 0.2) is 63.7 Å². The second-order valence-corrected chi connectivity index (χ2v) is 7.41. The van der Waals surface area contributed by atoms with Gasteiger partial charge in [0, 0.05) is 11.3 Å². The Bertz CT molecular complexity index is 1060. The number of benzene rings is 2. The lowest BCUT2D eigenvalue weighted by Gasteiger charge is -2.30. The van der Waals surface area contributed by atoms with Crippen molar-refractivity contribution in [2.75, 3.05) is 11.9 Å². The molecule has 2 heterocycles. The number of hydrogen-bond acceptors (Lipinski definition) is 3. The molecule has 1 aliphatic rings. The summed E-state index contributed by atoms with van der Waals surface area (Å²) in [4.78, 5) is 27.2. The summed E-state index contributed by atoms with van der Waals surface area (Å²) >= 11 is 3.20. The number of nitrogens with one attached hydrogen (secondary N) is 1. The van der Waals surface area contributed by atoms with E-state index in [1.165, 1.54) is 17.0 Å². The van der Waals surface area contributed by atoms with E-state index in [2.05, 4.69) is 21.2 Å². The number of anilines is 1. The first kappa shape index (κ1) is 18.4. The Kier molecular flexibility index (Phi) is 4.77.